The highest BCUT2D eigenvalue weighted by Crippen LogP contribution is 2.23. The molecule has 0 unspecified atom stereocenters. The Hall–Kier alpha value is -2.67. The zero-order valence-corrected chi connectivity index (χ0v) is 14.9. The largest absolute Gasteiger partial charge is 0.272 e. The highest BCUT2D eigenvalue weighted by Gasteiger charge is 2.16. The van der Waals surface area contributed by atoms with Crippen molar-refractivity contribution in [3.63, 3.8) is 0 Å². The van der Waals surface area contributed by atoms with Crippen LogP contribution in [0.2, 0.25) is 0 Å². The predicted octanol–water partition coefficient (Wildman–Crippen LogP) is 3.48. The molecular weight excluding hydrogens is 332 g/mol. The number of thioether (sulfide) groups is 1. The van der Waals surface area contributed by atoms with E-state index >= 15 is 0 Å². The number of hydrogen-bond donors (Lipinski definition) is 0. The summed E-state index contributed by atoms with van der Waals surface area (Å²) in [6, 6.07) is 16.3. The molecule has 0 bridgehead atoms. The smallest absolute Gasteiger partial charge is 0.195 e. The predicted molar refractivity (Wildman–Crippen MR) is 99.1 cm³/mol. The zero-order chi connectivity index (χ0) is 17.2. The number of hydrogen-bond acceptors (Lipinski definition) is 5. The van der Waals surface area contributed by atoms with Crippen molar-refractivity contribution in [2.24, 2.45) is 0 Å². The van der Waals surface area contributed by atoms with E-state index in [1.165, 1.54) is 5.56 Å². The molecule has 0 saturated carbocycles. The molecule has 25 heavy (non-hydrogen) atoms. The summed E-state index contributed by atoms with van der Waals surface area (Å²) >= 11 is 1.68. The summed E-state index contributed by atoms with van der Waals surface area (Å²) in [6.07, 6.45) is 0. The molecule has 0 N–H and O–H groups in total. The van der Waals surface area contributed by atoms with Gasteiger partial charge in [-0.15, -0.1) is 15.3 Å². The number of benzene rings is 2. The van der Waals surface area contributed by atoms with Crippen molar-refractivity contribution in [1.29, 1.82) is 0 Å². The van der Waals surface area contributed by atoms with Crippen LogP contribution in [0.1, 0.15) is 18.3 Å². The highest BCUT2D eigenvalue weighted by atomic mass is 32.2. The Kier molecular flexibility index (Phi) is 4.23. The van der Waals surface area contributed by atoms with Crippen LogP contribution in [-0.2, 0) is 6.54 Å². The highest BCUT2D eigenvalue weighted by molar-refractivity contribution is 7.99. The van der Waals surface area contributed by atoms with Gasteiger partial charge in [-0.3, -0.25) is 4.57 Å². The van der Waals surface area contributed by atoms with E-state index in [2.05, 4.69) is 63.2 Å². The van der Waals surface area contributed by atoms with Gasteiger partial charge in [-0.25, -0.2) is 4.68 Å². The lowest BCUT2D eigenvalue weighted by atomic mass is 10.2. The first-order valence-corrected chi connectivity index (χ1v) is 9.17. The lowest BCUT2D eigenvalue weighted by molar-refractivity contribution is 0.630. The molecule has 2 aromatic carbocycles. The van der Waals surface area contributed by atoms with Crippen LogP contribution >= 0.6 is 11.8 Å². The minimum absolute atomic E-state index is 0.520. The van der Waals surface area contributed by atoms with E-state index in [-0.39, 0.29) is 0 Å². The Morgan fingerprint density at radius 1 is 0.960 bits per heavy atom. The van der Waals surface area contributed by atoms with Gasteiger partial charge >= 0.3 is 0 Å². The van der Waals surface area contributed by atoms with Crippen LogP contribution in [0, 0.1) is 6.92 Å². The van der Waals surface area contributed by atoms with Crippen molar-refractivity contribution >= 4 is 22.8 Å². The number of para-hydroxylation sites is 1. The third kappa shape index (κ3) is 3.02. The van der Waals surface area contributed by atoms with Gasteiger partial charge < -0.3 is 0 Å². The van der Waals surface area contributed by atoms with E-state index in [9.17, 15) is 0 Å². The van der Waals surface area contributed by atoms with E-state index in [0.717, 1.165) is 33.5 Å². The van der Waals surface area contributed by atoms with Gasteiger partial charge in [0.2, 0.25) is 0 Å². The Balaban J connectivity index is 1.78. The first-order valence-electron chi connectivity index (χ1n) is 8.18. The molecule has 6 nitrogen and oxygen atoms in total. The molecule has 0 spiro atoms. The Labute approximate surface area is 149 Å². The zero-order valence-electron chi connectivity index (χ0n) is 14.1. The van der Waals surface area contributed by atoms with Gasteiger partial charge in [-0.1, -0.05) is 53.7 Å². The summed E-state index contributed by atoms with van der Waals surface area (Å²) in [7, 11) is 0. The molecule has 2 heterocycles. The molecule has 0 fully saturated rings. The number of rotatable bonds is 5. The van der Waals surface area contributed by atoms with E-state index in [1.807, 2.05) is 28.9 Å². The van der Waals surface area contributed by atoms with Crippen LogP contribution in [0.15, 0.2) is 53.7 Å². The molecule has 4 aromatic rings. The third-order valence-corrected chi connectivity index (χ3v) is 4.79. The summed E-state index contributed by atoms with van der Waals surface area (Å²) in [4.78, 5) is 0. The number of fused-ring (bicyclic) bond motifs is 1. The molecule has 0 aliphatic rings. The minimum Gasteiger partial charge on any atom is -0.272 e. The van der Waals surface area contributed by atoms with E-state index in [4.69, 9.17) is 0 Å². The van der Waals surface area contributed by atoms with Crippen molar-refractivity contribution in [1.82, 2.24) is 29.8 Å². The second-order valence-corrected chi connectivity index (χ2v) is 6.97. The Morgan fingerprint density at radius 3 is 2.56 bits per heavy atom. The average molecular weight is 350 g/mol. The molecule has 126 valence electrons. The van der Waals surface area contributed by atoms with Crippen molar-refractivity contribution in [3.8, 4) is 5.69 Å². The van der Waals surface area contributed by atoms with E-state index in [0.29, 0.717) is 6.54 Å². The fourth-order valence-electron chi connectivity index (χ4n) is 2.75. The maximum absolute atomic E-state index is 4.42. The van der Waals surface area contributed by atoms with Crippen LogP contribution < -0.4 is 0 Å². The van der Waals surface area contributed by atoms with Crippen molar-refractivity contribution in [2.45, 2.75) is 25.5 Å². The monoisotopic (exact) mass is 350 g/mol. The van der Waals surface area contributed by atoms with Crippen LogP contribution in [0.25, 0.3) is 16.7 Å². The van der Waals surface area contributed by atoms with Crippen molar-refractivity contribution in [3.05, 3.63) is 59.9 Å². The fourth-order valence-corrected chi connectivity index (χ4v) is 3.44. The van der Waals surface area contributed by atoms with Gasteiger partial charge in [0, 0.05) is 5.69 Å². The summed E-state index contributed by atoms with van der Waals surface area (Å²) in [5.74, 6) is 1.78. The van der Waals surface area contributed by atoms with Crippen LogP contribution in [0.4, 0.5) is 0 Å². The summed E-state index contributed by atoms with van der Waals surface area (Å²) in [5.41, 5.74) is 4.16. The summed E-state index contributed by atoms with van der Waals surface area (Å²) < 4.78 is 3.97. The normalized spacial score (nSPS) is 11.3. The van der Waals surface area contributed by atoms with Gasteiger partial charge in [-0.05, 0) is 36.9 Å². The topological polar surface area (TPSA) is 61.4 Å². The lowest BCUT2D eigenvalue weighted by Crippen LogP contribution is -2.09. The first kappa shape index (κ1) is 15.8. The van der Waals surface area contributed by atoms with Gasteiger partial charge in [0.05, 0.1) is 5.52 Å². The van der Waals surface area contributed by atoms with E-state index in [1.54, 1.807) is 11.8 Å². The second kappa shape index (κ2) is 6.68. The molecule has 0 amide bonds. The standard InChI is InChI=1S/C18H18N6S/c1-3-25-18-21-20-17(24(18)14-10-8-13(2)9-11-14)12-23-16-7-5-4-6-15(16)19-22-23/h4-11H,3,12H2,1-2H3. The molecule has 0 aliphatic heterocycles. The molecule has 2 aromatic heterocycles. The van der Waals surface area contributed by atoms with Gasteiger partial charge in [-0.2, -0.15) is 0 Å². The third-order valence-electron chi connectivity index (χ3n) is 3.98. The SMILES string of the molecule is CCSc1nnc(Cn2nnc3ccccc32)n1-c1ccc(C)cc1. The van der Waals surface area contributed by atoms with Crippen LogP contribution in [0.3, 0.4) is 0 Å². The van der Waals surface area contributed by atoms with Crippen molar-refractivity contribution < 1.29 is 0 Å². The second-order valence-electron chi connectivity index (χ2n) is 5.74. The number of aryl methyl sites for hydroxylation is 1. The first-order chi connectivity index (χ1) is 12.3. The molecule has 4 rings (SSSR count). The molecule has 0 saturated heterocycles. The molecule has 0 aliphatic carbocycles. The number of aromatic nitrogens is 6. The Morgan fingerprint density at radius 2 is 1.76 bits per heavy atom. The molecule has 7 heteroatoms. The Bertz CT molecular complexity index is 1000. The maximum Gasteiger partial charge on any atom is 0.195 e. The van der Waals surface area contributed by atoms with Gasteiger partial charge in [0.15, 0.2) is 11.0 Å². The molecule has 0 atom stereocenters. The van der Waals surface area contributed by atoms with Crippen molar-refractivity contribution in [2.75, 3.05) is 5.75 Å². The summed E-state index contributed by atoms with van der Waals surface area (Å²) in [5, 5.41) is 18.2. The maximum atomic E-state index is 4.42. The van der Waals surface area contributed by atoms with E-state index < -0.39 is 0 Å². The minimum atomic E-state index is 0.520. The van der Waals surface area contributed by atoms with Gasteiger partial charge in [0.25, 0.3) is 0 Å². The summed E-state index contributed by atoms with van der Waals surface area (Å²) in [6.45, 7) is 4.72. The van der Waals surface area contributed by atoms with Crippen LogP contribution in [0.5, 0.6) is 0 Å². The van der Waals surface area contributed by atoms with Crippen LogP contribution in [-0.4, -0.2) is 35.5 Å². The molecule has 0 radical (unpaired) electrons. The quantitative estimate of drug-likeness (QED) is 0.516. The fraction of sp³-hybridized carbons (Fsp3) is 0.222. The average Bonchev–Trinajstić information content (AvgIpc) is 3.21. The van der Waals surface area contributed by atoms with Gasteiger partial charge in [0.1, 0.15) is 12.1 Å². The number of nitrogens with zero attached hydrogens (tertiary/aromatic N) is 6. The lowest BCUT2D eigenvalue weighted by Gasteiger charge is -2.10. The molecular formula is C18H18N6S.